The van der Waals surface area contributed by atoms with Gasteiger partial charge in [-0.25, -0.2) is 9.67 Å². The van der Waals surface area contributed by atoms with E-state index in [4.69, 9.17) is 16.3 Å². The largest absolute Gasteiger partial charge is 0.497 e. The molecule has 0 aliphatic rings. The minimum absolute atomic E-state index is 0.0914. The predicted octanol–water partition coefficient (Wildman–Crippen LogP) is 2.34. The van der Waals surface area contributed by atoms with Crippen molar-refractivity contribution in [2.45, 2.75) is 13.1 Å². The van der Waals surface area contributed by atoms with Gasteiger partial charge in [0.05, 0.1) is 13.7 Å². The van der Waals surface area contributed by atoms with Crippen LogP contribution in [0.1, 0.15) is 5.56 Å². The molecule has 0 saturated carbocycles. The molecule has 1 amide bonds. The third kappa shape index (κ3) is 4.15. The van der Waals surface area contributed by atoms with E-state index in [0.717, 1.165) is 5.56 Å². The number of methoxy groups -OCH3 is 1. The minimum Gasteiger partial charge on any atom is -0.497 e. The highest BCUT2D eigenvalue weighted by Crippen LogP contribution is 2.17. The third-order valence-electron chi connectivity index (χ3n) is 4.38. The Morgan fingerprint density at radius 1 is 1.20 bits per heavy atom. The third-order valence-corrected chi connectivity index (χ3v) is 4.62. The summed E-state index contributed by atoms with van der Waals surface area (Å²) in [5.74, 6) is 0.238. The van der Waals surface area contributed by atoms with Gasteiger partial charge in [-0.3, -0.25) is 14.2 Å². The van der Waals surface area contributed by atoms with Gasteiger partial charge in [-0.05, 0) is 29.8 Å². The Labute approximate surface area is 175 Å². The average molecular weight is 425 g/mol. The summed E-state index contributed by atoms with van der Waals surface area (Å²) in [6, 6.07) is 14.2. The van der Waals surface area contributed by atoms with Crippen LogP contribution < -0.4 is 15.6 Å². The summed E-state index contributed by atoms with van der Waals surface area (Å²) >= 11 is 6.01. The average Bonchev–Trinajstić information content (AvgIpc) is 3.13. The number of rotatable bonds is 6. The Kier molecular flexibility index (Phi) is 5.44. The van der Waals surface area contributed by atoms with Gasteiger partial charge in [0.15, 0.2) is 11.2 Å². The Balaban J connectivity index is 1.53. The summed E-state index contributed by atoms with van der Waals surface area (Å²) in [4.78, 5) is 29.4. The van der Waals surface area contributed by atoms with Crippen LogP contribution in [0.25, 0.3) is 11.2 Å². The lowest BCUT2D eigenvalue weighted by atomic mass is 10.2. The fourth-order valence-electron chi connectivity index (χ4n) is 2.97. The van der Waals surface area contributed by atoms with E-state index in [-0.39, 0.29) is 18.0 Å². The number of benzene rings is 2. The Hall–Kier alpha value is -3.72. The molecule has 30 heavy (non-hydrogen) atoms. The van der Waals surface area contributed by atoms with Crippen molar-refractivity contribution in [3.8, 4) is 5.75 Å². The number of nitrogens with zero attached hydrogens (tertiary/aromatic N) is 5. The molecular weight excluding hydrogens is 408 g/mol. The maximum atomic E-state index is 12.7. The molecule has 4 aromatic rings. The second-order valence-electron chi connectivity index (χ2n) is 6.51. The number of hydrogen-bond donors (Lipinski definition) is 1. The Morgan fingerprint density at radius 2 is 2.03 bits per heavy atom. The molecule has 1 N–H and O–H groups in total. The zero-order valence-electron chi connectivity index (χ0n) is 15.9. The molecule has 2 aromatic carbocycles. The second kappa shape index (κ2) is 8.34. The smallest absolute Gasteiger partial charge is 0.283 e. The first-order valence-electron chi connectivity index (χ1n) is 9.00. The summed E-state index contributed by atoms with van der Waals surface area (Å²) in [7, 11) is 1.54. The minimum atomic E-state index is -0.446. The van der Waals surface area contributed by atoms with E-state index in [1.165, 1.54) is 15.6 Å². The fourth-order valence-corrected chi connectivity index (χ4v) is 3.18. The van der Waals surface area contributed by atoms with Crippen LogP contribution in [0.2, 0.25) is 5.02 Å². The lowest BCUT2D eigenvalue weighted by molar-refractivity contribution is -0.116. The van der Waals surface area contributed by atoms with Gasteiger partial charge in [-0.15, -0.1) is 5.10 Å². The zero-order valence-corrected chi connectivity index (χ0v) is 16.7. The van der Waals surface area contributed by atoms with Crippen molar-refractivity contribution in [1.82, 2.24) is 24.5 Å². The van der Waals surface area contributed by atoms with Gasteiger partial charge >= 0.3 is 0 Å². The molecular formula is C20H17ClN6O3. The number of anilines is 1. The van der Waals surface area contributed by atoms with Crippen LogP contribution in [0.15, 0.2) is 59.7 Å². The van der Waals surface area contributed by atoms with Gasteiger partial charge in [0.2, 0.25) is 5.91 Å². The summed E-state index contributed by atoms with van der Waals surface area (Å²) < 4.78 is 7.84. The van der Waals surface area contributed by atoms with Gasteiger partial charge in [0, 0.05) is 16.8 Å². The first-order valence-corrected chi connectivity index (χ1v) is 9.38. The number of aromatic nitrogens is 5. The molecule has 0 aliphatic carbocycles. The molecule has 152 valence electrons. The molecule has 10 heteroatoms. The molecule has 0 aliphatic heterocycles. The van der Waals surface area contributed by atoms with Crippen molar-refractivity contribution in [2.75, 3.05) is 12.4 Å². The van der Waals surface area contributed by atoms with E-state index >= 15 is 0 Å². The molecule has 4 rings (SSSR count). The first-order chi connectivity index (χ1) is 14.5. The molecule has 0 unspecified atom stereocenters. The molecule has 0 saturated heterocycles. The molecule has 0 atom stereocenters. The summed E-state index contributed by atoms with van der Waals surface area (Å²) in [6.45, 7) is 0.157. The molecule has 0 spiro atoms. The van der Waals surface area contributed by atoms with E-state index < -0.39 is 5.56 Å². The van der Waals surface area contributed by atoms with Crippen LogP contribution in [0.5, 0.6) is 5.75 Å². The number of amides is 1. The number of carbonyl (C=O) groups is 1. The Morgan fingerprint density at radius 3 is 2.83 bits per heavy atom. The maximum Gasteiger partial charge on any atom is 0.283 e. The van der Waals surface area contributed by atoms with Gasteiger partial charge in [0.1, 0.15) is 18.6 Å². The van der Waals surface area contributed by atoms with Crippen LogP contribution in [-0.4, -0.2) is 37.6 Å². The van der Waals surface area contributed by atoms with Crippen molar-refractivity contribution in [1.29, 1.82) is 0 Å². The van der Waals surface area contributed by atoms with Crippen LogP contribution in [0, 0.1) is 0 Å². The van der Waals surface area contributed by atoms with E-state index in [1.807, 2.05) is 12.1 Å². The molecule has 9 nitrogen and oxygen atoms in total. The molecule has 0 fully saturated rings. The molecule has 0 radical (unpaired) electrons. The van der Waals surface area contributed by atoms with Gasteiger partial charge in [-0.1, -0.05) is 35.0 Å². The highest BCUT2D eigenvalue weighted by atomic mass is 35.5. The van der Waals surface area contributed by atoms with Crippen molar-refractivity contribution in [2.24, 2.45) is 0 Å². The predicted molar refractivity (Wildman–Crippen MR) is 112 cm³/mol. The highest BCUT2D eigenvalue weighted by Gasteiger charge is 2.14. The standard InChI is InChI=1S/C20H17ClN6O3/c1-30-16-7-3-6-15(9-16)23-17(28)11-26-12-22-19-18(20(26)29)24-25-27(19)10-13-4-2-5-14(21)8-13/h2-9,12H,10-11H2,1H3,(H,23,28). The van der Waals surface area contributed by atoms with E-state index in [9.17, 15) is 9.59 Å². The Bertz CT molecular complexity index is 1280. The van der Waals surface area contributed by atoms with E-state index in [2.05, 4.69) is 20.6 Å². The van der Waals surface area contributed by atoms with Crippen LogP contribution in [-0.2, 0) is 17.9 Å². The molecule has 0 bridgehead atoms. The summed E-state index contributed by atoms with van der Waals surface area (Å²) in [5.41, 5.74) is 1.45. The van der Waals surface area contributed by atoms with E-state index in [0.29, 0.717) is 28.7 Å². The van der Waals surface area contributed by atoms with Crippen molar-refractivity contribution < 1.29 is 9.53 Å². The maximum absolute atomic E-state index is 12.7. The number of carbonyl (C=O) groups excluding carboxylic acids is 1. The van der Waals surface area contributed by atoms with Gasteiger partial charge < -0.3 is 10.1 Å². The van der Waals surface area contributed by atoms with Crippen molar-refractivity contribution in [3.05, 3.63) is 75.8 Å². The van der Waals surface area contributed by atoms with E-state index in [1.54, 1.807) is 43.5 Å². The van der Waals surface area contributed by atoms with Crippen molar-refractivity contribution in [3.63, 3.8) is 0 Å². The summed E-state index contributed by atoms with van der Waals surface area (Å²) in [5, 5.41) is 11.3. The number of hydrogen-bond acceptors (Lipinski definition) is 6. The highest BCUT2D eigenvalue weighted by molar-refractivity contribution is 6.30. The second-order valence-corrected chi connectivity index (χ2v) is 6.94. The SMILES string of the molecule is COc1cccc(NC(=O)Cn2cnc3c(nnn3Cc3cccc(Cl)c3)c2=O)c1. The van der Waals surface area contributed by atoms with Crippen LogP contribution in [0.4, 0.5) is 5.69 Å². The number of fused-ring (bicyclic) bond motifs is 1. The lowest BCUT2D eigenvalue weighted by Crippen LogP contribution is -2.28. The lowest BCUT2D eigenvalue weighted by Gasteiger charge is -2.08. The monoisotopic (exact) mass is 424 g/mol. The normalized spacial score (nSPS) is 10.9. The first kappa shape index (κ1) is 19.6. The summed E-state index contributed by atoms with van der Waals surface area (Å²) in [6.07, 6.45) is 1.31. The number of ether oxygens (including phenoxy) is 1. The quantitative estimate of drug-likeness (QED) is 0.509. The number of nitrogens with one attached hydrogen (secondary N) is 1. The number of halogens is 1. The van der Waals surface area contributed by atoms with Gasteiger partial charge in [-0.2, -0.15) is 0 Å². The van der Waals surface area contributed by atoms with Gasteiger partial charge in [0.25, 0.3) is 5.56 Å². The topological polar surface area (TPSA) is 104 Å². The van der Waals surface area contributed by atoms with Crippen molar-refractivity contribution >= 4 is 34.4 Å². The molecule has 2 aromatic heterocycles. The zero-order chi connectivity index (χ0) is 21.1. The molecule has 2 heterocycles. The van der Waals surface area contributed by atoms with Crippen LogP contribution in [0.3, 0.4) is 0 Å². The van der Waals surface area contributed by atoms with Crippen LogP contribution >= 0.6 is 11.6 Å². The fraction of sp³-hybridized carbons (Fsp3) is 0.150.